The Morgan fingerprint density at radius 2 is 0.739 bits per heavy atom. The van der Waals surface area contributed by atoms with Gasteiger partial charge in [-0.2, -0.15) is 0 Å². The monoisotopic (exact) mass is 984 g/mol. The van der Waals surface area contributed by atoms with E-state index >= 15 is 0 Å². The highest BCUT2D eigenvalue weighted by Crippen LogP contribution is 2.13. The molecule has 7 rings (SSSR count). The zero-order valence-electron chi connectivity index (χ0n) is 47.9. The number of nitrogens with one attached hydrogen (secondary N) is 11. The first-order valence-electron chi connectivity index (χ1n) is 28.8. The minimum Gasteiger partial charge on any atom is -0.381 e. The molecule has 11 N–H and O–H groups in total. The van der Waals surface area contributed by atoms with Gasteiger partial charge in [-0.3, -0.25) is 0 Å². The number of hydrogen-bond acceptors (Lipinski definition) is 14. The van der Waals surface area contributed by atoms with Crippen molar-refractivity contribution in [1.29, 1.82) is 0 Å². The van der Waals surface area contributed by atoms with E-state index < -0.39 is 0 Å². The van der Waals surface area contributed by atoms with E-state index in [0.717, 1.165) is 83.2 Å². The maximum atomic E-state index is 5.32. The van der Waals surface area contributed by atoms with Crippen molar-refractivity contribution in [3.63, 3.8) is 0 Å². The maximum absolute atomic E-state index is 5.32. The van der Waals surface area contributed by atoms with Crippen molar-refractivity contribution in [2.75, 3.05) is 105 Å². The fourth-order valence-corrected chi connectivity index (χ4v) is 9.13. The van der Waals surface area contributed by atoms with E-state index in [4.69, 9.17) is 14.2 Å². The van der Waals surface area contributed by atoms with E-state index in [-0.39, 0.29) is 0 Å². The standard InChI is InChI=1S/C9H20N2.C9H19NO.2C8H18N2.C8H17NO.C7H15NO.C6H14N2/c1-8(2)11-7-9-3-5-10-6-4-9;1-8(2)10-7-9-3-5-11-6-4-9;1-7(2)10-8-3-5-9-6-4-8;1-7(2)10-8-4-3-5-9-6-8;1-7(2)9-8-4-3-5-10-6-8;1-6(2)8-7-3-4-9-5-7;1-5(2)8-6-3-7-4-6/h8-11H,3-7H2,1-2H3;8-10H,3-7H2,1-2H3;2*7-10H,3-6H2,1-2H3;7-9H,3-6H2,1-2H3;6-8H,3-5H2,1-2H3;5-8H,3-4H2,1-2H3. The molecule has 0 aromatic carbocycles. The van der Waals surface area contributed by atoms with Gasteiger partial charge < -0.3 is 72.7 Å². The van der Waals surface area contributed by atoms with Gasteiger partial charge in [-0.1, -0.05) is 96.9 Å². The number of rotatable bonds is 16. The van der Waals surface area contributed by atoms with Crippen LogP contribution in [0.5, 0.6) is 0 Å². The van der Waals surface area contributed by atoms with Gasteiger partial charge >= 0.3 is 0 Å². The van der Waals surface area contributed by atoms with Gasteiger partial charge in [0.2, 0.25) is 0 Å². The summed E-state index contributed by atoms with van der Waals surface area (Å²) in [7, 11) is 0. The summed E-state index contributed by atoms with van der Waals surface area (Å²) in [6.45, 7) is 48.1. The van der Waals surface area contributed by atoms with Crippen LogP contribution in [-0.4, -0.2) is 178 Å². The molecule has 0 aromatic rings. The van der Waals surface area contributed by atoms with Crippen molar-refractivity contribution in [2.24, 2.45) is 11.8 Å². The van der Waals surface area contributed by atoms with Crippen molar-refractivity contribution < 1.29 is 14.2 Å². The molecule has 7 heterocycles. The molecule has 0 aromatic heterocycles. The van der Waals surface area contributed by atoms with Gasteiger partial charge in [0.25, 0.3) is 0 Å². The second-order valence-electron chi connectivity index (χ2n) is 22.9. The predicted molar refractivity (Wildman–Crippen MR) is 298 cm³/mol. The molecule has 7 aliphatic heterocycles. The van der Waals surface area contributed by atoms with Crippen molar-refractivity contribution in [3.05, 3.63) is 0 Å². The molecule has 0 radical (unpaired) electrons. The quantitative estimate of drug-likeness (QED) is 0.0907. The minimum absolute atomic E-state index is 0.590. The lowest BCUT2D eigenvalue weighted by atomic mass is 9.98. The molecule has 0 spiro atoms. The van der Waals surface area contributed by atoms with Crippen LogP contribution in [0.4, 0.5) is 0 Å². The Bertz CT molecular complexity index is 982. The molecule has 7 fully saturated rings. The molecule has 14 heteroatoms. The average Bonchev–Trinajstić information content (AvgIpc) is 3.81. The second kappa shape index (κ2) is 43.8. The Morgan fingerprint density at radius 1 is 0.333 bits per heavy atom. The van der Waals surface area contributed by atoms with Crippen LogP contribution in [0.1, 0.15) is 168 Å². The number of hydrogen-bond donors (Lipinski definition) is 11. The summed E-state index contributed by atoms with van der Waals surface area (Å²) in [6, 6.07) is 7.81. The van der Waals surface area contributed by atoms with Crippen molar-refractivity contribution in [1.82, 2.24) is 58.5 Å². The molecule has 69 heavy (non-hydrogen) atoms. The first kappa shape index (κ1) is 66.5. The Morgan fingerprint density at radius 3 is 1.14 bits per heavy atom. The molecule has 3 unspecified atom stereocenters. The molecule has 0 amide bonds. The normalized spacial score (nSPS) is 23.9. The topological polar surface area (TPSA) is 160 Å². The highest BCUT2D eigenvalue weighted by atomic mass is 16.5. The third-order valence-electron chi connectivity index (χ3n) is 12.8. The van der Waals surface area contributed by atoms with Crippen LogP contribution in [0.15, 0.2) is 0 Å². The fourth-order valence-electron chi connectivity index (χ4n) is 9.13. The molecule has 0 aliphatic carbocycles. The van der Waals surface area contributed by atoms with E-state index in [2.05, 4.69) is 155 Å². The van der Waals surface area contributed by atoms with Crippen LogP contribution in [0, 0.1) is 11.8 Å². The minimum atomic E-state index is 0.590. The summed E-state index contributed by atoms with van der Waals surface area (Å²) in [5.74, 6) is 1.77. The smallest absolute Gasteiger partial charge is 0.0620 e. The van der Waals surface area contributed by atoms with E-state index in [0.29, 0.717) is 60.4 Å². The van der Waals surface area contributed by atoms with Crippen LogP contribution >= 0.6 is 0 Å². The Kier molecular flexibility index (Phi) is 42.2. The Balaban J connectivity index is 0.000000403. The SMILES string of the molecule is CC(C)NC1CCCNC1.CC(C)NC1CCCOC1.CC(C)NC1CCNCC1.CC(C)NC1CCOC1.CC(C)NC1CNC1.CC(C)NCC1CCNCC1.CC(C)NCC1CCOCC1. The molecule has 7 aliphatic rings. The Labute approximate surface area is 428 Å². The van der Waals surface area contributed by atoms with Crippen LogP contribution < -0.4 is 58.5 Å². The van der Waals surface area contributed by atoms with E-state index in [9.17, 15) is 0 Å². The predicted octanol–water partition coefficient (Wildman–Crippen LogP) is 5.76. The lowest BCUT2D eigenvalue weighted by molar-refractivity contribution is 0.0658. The molecule has 7 saturated heterocycles. The van der Waals surface area contributed by atoms with Crippen molar-refractivity contribution in [3.8, 4) is 0 Å². The summed E-state index contributed by atoms with van der Waals surface area (Å²) in [4.78, 5) is 0. The summed E-state index contributed by atoms with van der Waals surface area (Å²) in [5.41, 5.74) is 0. The third-order valence-corrected chi connectivity index (χ3v) is 12.8. The van der Waals surface area contributed by atoms with Crippen molar-refractivity contribution >= 4 is 0 Å². The zero-order valence-corrected chi connectivity index (χ0v) is 47.9. The third kappa shape index (κ3) is 42.5. The molecule has 0 saturated carbocycles. The van der Waals surface area contributed by atoms with Gasteiger partial charge in [0, 0.05) is 119 Å². The molecule has 14 nitrogen and oxygen atoms in total. The Hall–Kier alpha value is -0.560. The van der Waals surface area contributed by atoms with Crippen LogP contribution in [0.2, 0.25) is 0 Å². The fraction of sp³-hybridized carbons (Fsp3) is 1.00. The van der Waals surface area contributed by atoms with Crippen LogP contribution in [0.3, 0.4) is 0 Å². The average molecular weight is 985 g/mol. The van der Waals surface area contributed by atoms with Crippen molar-refractivity contribution in [2.45, 2.75) is 240 Å². The molecule has 0 bridgehead atoms. The first-order chi connectivity index (χ1) is 33.0. The van der Waals surface area contributed by atoms with E-state index in [1.54, 1.807) is 0 Å². The zero-order chi connectivity index (χ0) is 51.1. The second-order valence-corrected chi connectivity index (χ2v) is 22.9. The highest BCUT2D eigenvalue weighted by Gasteiger charge is 2.18. The number of piperidine rings is 3. The largest absolute Gasteiger partial charge is 0.381 e. The van der Waals surface area contributed by atoms with Gasteiger partial charge in [0.05, 0.1) is 13.2 Å². The van der Waals surface area contributed by atoms with Crippen LogP contribution in [-0.2, 0) is 14.2 Å². The van der Waals surface area contributed by atoms with E-state index in [1.807, 2.05) is 0 Å². The summed E-state index contributed by atoms with van der Waals surface area (Å²) < 4.78 is 15.8. The molecule has 3 atom stereocenters. The van der Waals surface area contributed by atoms with Gasteiger partial charge in [0.15, 0.2) is 0 Å². The summed E-state index contributed by atoms with van der Waals surface area (Å²) in [5, 5.41) is 37.6. The summed E-state index contributed by atoms with van der Waals surface area (Å²) >= 11 is 0. The summed E-state index contributed by atoms with van der Waals surface area (Å²) in [6.07, 6.45) is 14.1. The number of ether oxygens (including phenoxy) is 3. The van der Waals surface area contributed by atoms with E-state index in [1.165, 1.54) is 116 Å². The first-order valence-corrected chi connectivity index (χ1v) is 28.8. The van der Waals surface area contributed by atoms with Gasteiger partial charge in [0.1, 0.15) is 0 Å². The van der Waals surface area contributed by atoms with Gasteiger partial charge in [-0.25, -0.2) is 0 Å². The molecular formula is C55H121N11O3. The maximum Gasteiger partial charge on any atom is 0.0620 e. The van der Waals surface area contributed by atoms with Crippen LogP contribution in [0.25, 0.3) is 0 Å². The lowest BCUT2D eigenvalue weighted by Gasteiger charge is -2.29. The molecular weight excluding hydrogens is 863 g/mol. The van der Waals surface area contributed by atoms with Gasteiger partial charge in [-0.15, -0.1) is 0 Å². The highest BCUT2D eigenvalue weighted by molar-refractivity contribution is 4.82. The van der Waals surface area contributed by atoms with Gasteiger partial charge in [-0.05, 0) is 128 Å². The molecule has 414 valence electrons. The lowest BCUT2D eigenvalue weighted by Crippen LogP contribution is -2.57.